The molecule has 32 heavy (non-hydrogen) atoms. The Balaban J connectivity index is 1.22. The predicted octanol–water partition coefficient (Wildman–Crippen LogP) is 4.43. The number of aryl methyl sites for hydroxylation is 1. The van der Waals surface area contributed by atoms with Gasteiger partial charge in [-0.15, -0.1) is 21.5 Å². The van der Waals surface area contributed by atoms with Crippen molar-refractivity contribution in [1.82, 2.24) is 24.7 Å². The summed E-state index contributed by atoms with van der Waals surface area (Å²) in [5, 5.41) is 13.3. The van der Waals surface area contributed by atoms with Crippen LogP contribution in [0.2, 0.25) is 0 Å². The van der Waals surface area contributed by atoms with Gasteiger partial charge in [-0.1, -0.05) is 42.1 Å². The molecule has 5 aromatic rings. The van der Waals surface area contributed by atoms with Gasteiger partial charge < -0.3 is 9.88 Å². The molecule has 0 unspecified atom stereocenters. The Bertz CT molecular complexity index is 1430. The summed E-state index contributed by atoms with van der Waals surface area (Å²) in [7, 11) is 1.94. The third kappa shape index (κ3) is 4.19. The number of nitrogens with zero attached hydrogens (tertiary/aromatic N) is 5. The van der Waals surface area contributed by atoms with Crippen molar-refractivity contribution in [2.24, 2.45) is 7.05 Å². The lowest BCUT2D eigenvalue weighted by atomic mass is 10.1. The van der Waals surface area contributed by atoms with E-state index in [1.54, 1.807) is 18.3 Å². The average molecular weight is 465 g/mol. The van der Waals surface area contributed by atoms with E-state index in [1.165, 1.54) is 35.2 Å². The number of benzene rings is 2. The highest BCUT2D eigenvalue weighted by molar-refractivity contribution is 7.99. The fourth-order valence-electron chi connectivity index (χ4n) is 3.39. The summed E-state index contributed by atoms with van der Waals surface area (Å²) in [6, 6.07) is 14.3. The Kier molecular flexibility index (Phi) is 5.54. The Morgan fingerprint density at radius 3 is 2.81 bits per heavy atom. The molecule has 2 aromatic carbocycles. The number of anilines is 1. The summed E-state index contributed by atoms with van der Waals surface area (Å²) >= 11 is 2.62. The van der Waals surface area contributed by atoms with Crippen LogP contribution >= 0.6 is 23.1 Å². The second-order valence-electron chi connectivity index (χ2n) is 7.11. The van der Waals surface area contributed by atoms with Crippen LogP contribution in [0.25, 0.3) is 22.1 Å². The molecule has 10 heteroatoms. The van der Waals surface area contributed by atoms with E-state index in [1.807, 2.05) is 35.9 Å². The number of amides is 1. The van der Waals surface area contributed by atoms with E-state index in [9.17, 15) is 9.18 Å². The first-order valence-electron chi connectivity index (χ1n) is 9.76. The molecular formula is C22H17FN6OS2. The minimum absolute atomic E-state index is 0.143. The van der Waals surface area contributed by atoms with Crippen molar-refractivity contribution in [3.05, 3.63) is 71.0 Å². The van der Waals surface area contributed by atoms with Gasteiger partial charge in [-0.25, -0.2) is 14.4 Å². The molecule has 5 rings (SSSR count). The van der Waals surface area contributed by atoms with Gasteiger partial charge in [0.05, 0.1) is 11.3 Å². The highest BCUT2D eigenvalue weighted by Gasteiger charge is 2.14. The largest absolute Gasteiger partial charge is 0.327 e. The highest BCUT2D eigenvalue weighted by atomic mass is 32.2. The molecule has 0 aliphatic carbocycles. The zero-order valence-corrected chi connectivity index (χ0v) is 18.6. The molecule has 0 spiro atoms. The van der Waals surface area contributed by atoms with Crippen molar-refractivity contribution in [2.45, 2.75) is 11.6 Å². The van der Waals surface area contributed by atoms with Crippen LogP contribution in [0.15, 0.2) is 59.9 Å². The third-order valence-corrected chi connectivity index (χ3v) is 6.66. The Morgan fingerprint density at radius 1 is 1.16 bits per heavy atom. The highest BCUT2D eigenvalue weighted by Crippen LogP contribution is 2.26. The van der Waals surface area contributed by atoms with Gasteiger partial charge in [0.25, 0.3) is 0 Å². The molecule has 0 saturated heterocycles. The molecule has 0 saturated carbocycles. The van der Waals surface area contributed by atoms with E-state index in [0.29, 0.717) is 16.7 Å². The fraction of sp³-hybridized carbons (Fsp3) is 0.136. The van der Waals surface area contributed by atoms with E-state index < -0.39 is 0 Å². The molecule has 0 bridgehead atoms. The average Bonchev–Trinajstić information content (AvgIpc) is 3.36. The van der Waals surface area contributed by atoms with E-state index in [-0.39, 0.29) is 17.5 Å². The molecule has 7 nitrogen and oxygen atoms in total. The Hall–Kier alpha value is -3.37. The van der Waals surface area contributed by atoms with Crippen LogP contribution in [0, 0.1) is 5.82 Å². The molecule has 1 amide bonds. The second kappa shape index (κ2) is 8.64. The topological polar surface area (TPSA) is 85.6 Å². The van der Waals surface area contributed by atoms with Gasteiger partial charge in [0.15, 0.2) is 10.8 Å². The number of fused-ring (bicyclic) bond motifs is 3. The molecule has 3 heterocycles. The van der Waals surface area contributed by atoms with Gasteiger partial charge in [0, 0.05) is 29.9 Å². The first-order valence-corrected chi connectivity index (χ1v) is 11.6. The molecule has 160 valence electrons. The lowest BCUT2D eigenvalue weighted by molar-refractivity contribution is -0.113. The number of rotatable bonds is 6. The van der Waals surface area contributed by atoms with E-state index in [4.69, 9.17) is 0 Å². The first kappa shape index (κ1) is 20.5. The first-order chi connectivity index (χ1) is 15.6. The molecule has 0 fully saturated rings. The summed E-state index contributed by atoms with van der Waals surface area (Å²) in [6.07, 6.45) is 2.35. The lowest BCUT2D eigenvalue weighted by Crippen LogP contribution is -2.14. The quantitative estimate of drug-likeness (QED) is 0.374. The summed E-state index contributed by atoms with van der Waals surface area (Å²) in [6.45, 7) is 0. The van der Waals surface area contributed by atoms with Crippen molar-refractivity contribution in [2.75, 3.05) is 11.1 Å². The maximum absolute atomic E-state index is 13.0. The van der Waals surface area contributed by atoms with Crippen LogP contribution in [-0.2, 0) is 18.3 Å². The van der Waals surface area contributed by atoms with E-state index in [0.717, 1.165) is 32.5 Å². The number of thioether (sulfide) groups is 1. The number of nitrogens with one attached hydrogen (secondary N) is 1. The lowest BCUT2D eigenvalue weighted by Gasteiger charge is -2.02. The molecule has 0 atom stereocenters. The standard InChI is InChI=1S/C22H17FN6OS2/c1-29-17-5-3-2-4-16(17)19-20(29)26-22(28-27-19)31-12-18(30)25-21-24-11-15(32-21)10-13-6-8-14(23)9-7-13/h2-9,11H,10,12H2,1H3,(H,24,25,30). The summed E-state index contributed by atoms with van der Waals surface area (Å²) in [5.41, 5.74) is 3.49. The van der Waals surface area contributed by atoms with Gasteiger partial charge >= 0.3 is 0 Å². The number of carbonyl (C=O) groups excluding carboxylic acids is 1. The van der Waals surface area contributed by atoms with Gasteiger partial charge in [-0.3, -0.25) is 4.79 Å². The summed E-state index contributed by atoms with van der Waals surface area (Å²) < 4.78 is 15.0. The van der Waals surface area contributed by atoms with Crippen molar-refractivity contribution >= 4 is 56.2 Å². The molecule has 3 aromatic heterocycles. The number of carbonyl (C=O) groups is 1. The van der Waals surface area contributed by atoms with Crippen LogP contribution < -0.4 is 5.32 Å². The SMILES string of the molecule is Cn1c2ccccc2c2nnc(SCC(=O)Nc3ncc(Cc4ccc(F)cc4)s3)nc21. The van der Waals surface area contributed by atoms with E-state index in [2.05, 4.69) is 25.5 Å². The van der Waals surface area contributed by atoms with Gasteiger partial charge in [-0.2, -0.15) is 0 Å². The zero-order valence-electron chi connectivity index (χ0n) is 16.9. The maximum atomic E-state index is 13.0. The van der Waals surface area contributed by atoms with Gasteiger partial charge in [-0.05, 0) is 23.8 Å². The zero-order chi connectivity index (χ0) is 22.1. The predicted molar refractivity (Wildman–Crippen MR) is 124 cm³/mol. The van der Waals surface area contributed by atoms with Crippen molar-refractivity contribution in [1.29, 1.82) is 0 Å². The minimum Gasteiger partial charge on any atom is -0.327 e. The monoisotopic (exact) mass is 464 g/mol. The normalized spacial score (nSPS) is 11.3. The number of hydrogen-bond donors (Lipinski definition) is 1. The maximum Gasteiger partial charge on any atom is 0.236 e. The van der Waals surface area contributed by atoms with Gasteiger partial charge in [0.2, 0.25) is 11.1 Å². The molecular weight excluding hydrogens is 447 g/mol. The molecule has 0 aliphatic rings. The van der Waals surface area contributed by atoms with Crippen molar-refractivity contribution in [3.8, 4) is 0 Å². The van der Waals surface area contributed by atoms with E-state index >= 15 is 0 Å². The Labute approximate surface area is 190 Å². The van der Waals surface area contributed by atoms with Gasteiger partial charge in [0.1, 0.15) is 11.3 Å². The third-order valence-electron chi connectivity index (χ3n) is 4.91. The number of halogens is 1. The van der Waals surface area contributed by atoms with Crippen LogP contribution in [0.4, 0.5) is 9.52 Å². The fourth-order valence-corrected chi connectivity index (χ4v) is 4.83. The Morgan fingerprint density at radius 2 is 1.97 bits per heavy atom. The number of para-hydroxylation sites is 1. The molecule has 1 N–H and O–H groups in total. The summed E-state index contributed by atoms with van der Waals surface area (Å²) in [5.74, 6) is -0.315. The van der Waals surface area contributed by atoms with Crippen LogP contribution in [0.3, 0.4) is 0 Å². The van der Waals surface area contributed by atoms with Crippen LogP contribution in [-0.4, -0.2) is 36.4 Å². The van der Waals surface area contributed by atoms with Crippen LogP contribution in [0.1, 0.15) is 10.4 Å². The molecule has 0 radical (unpaired) electrons. The van der Waals surface area contributed by atoms with Crippen LogP contribution in [0.5, 0.6) is 0 Å². The van der Waals surface area contributed by atoms with Crippen molar-refractivity contribution in [3.63, 3.8) is 0 Å². The molecule has 0 aliphatic heterocycles. The number of aromatic nitrogens is 5. The second-order valence-corrected chi connectivity index (χ2v) is 9.17. The number of hydrogen-bond acceptors (Lipinski definition) is 7. The number of thiazole rings is 1. The summed E-state index contributed by atoms with van der Waals surface area (Å²) in [4.78, 5) is 22.2. The minimum atomic E-state index is -0.262. The smallest absolute Gasteiger partial charge is 0.236 e. The van der Waals surface area contributed by atoms with Crippen molar-refractivity contribution < 1.29 is 9.18 Å².